The normalized spacial score (nSPS) is 29.9. The van der Waals surface area contributed by atoms with Gasteiger partial charge >= 0.3 is 0 Å². The zero-order valence-corrected chi connectivity index (χ0v) is 9.58. The molecule has 0 aromatic rings. The summed E-state index contributed by atoms with van der Waals surface area (Å²) in [6.07, 6.45) is 12.0. The van der Waals surface area contributed by atoms with E-state index < -0.39 is 0 Å². The minimum atomic E-state index is -0.113. The van der Waals surface area contributed by atoms with Gasteiger partial charge in [0.15, 0.2) is 0 Å². The number of allylic oxidation sites excluding steroid dienone is 2. The van der Waals surface area contributed by atoms with Gasteiger partial charge in [0.2, 0.25) is 0 Å². The molecule has 0 aromatic carbocycles. The molecule has 1 fully saturated rings. The van der Waals surface area contributed by atoms with Crippen LogP contribution in [0.1, 0.15) is 52.4 Å². The van der Waals surface area contributed by atoms with Crippen molar-refractivity contribution in [2.45, 2.75) is 58.5 Å². The van der Waals surface area contributed by atoms with Crippen LogP contribution in [-0.2, 0) is 0 Å². The second kappa shape index (κ2) is 6.23. The van der Waals surface area contributed by atoms with E-state index in [9.17, 15) is 5.11 Å². The first-order valence-electron chi connectivity index (χ1n) is 6.03. The van der Waals surface area contributed by atoms with Crippen LogP contribution < -0.4 is 0 Å². The highest BCUT2D eigenvalue weighted by atomic mass is 16.3. The number of hydrogen-bond acceptors (Lipinski definition) is 1. The lowest BCUT2D eigenvalue weighted by molar-refractivity contribution is 0.168. The Kier molecular flexibility index (Phi) is 5.24. The van der Waals surface area contributed by atoms with Crippen molar-refractivity contribution in [1.29, 1.82) is 0 Å². The Morgan fingerprint density at radius 1 is 1.36 bits per heavy atom. The van der Waals surface area contributed by atoms with Crippen LogP contribution in [0.15, 0.2) is 12.2 Å². The highest BCUT2D eigenvalue weighted by Gasteiger charge is 2.25. The van der Waals surface area contributed by atoms with Gasteiger partial charge in [0, 0.05) is 0 Å². The molecule has 1 aliphatic rings. The van der Waals surface area contributed by atoms with E-state index in [1.54, 1.807) is 0 Å². The molecule has 1 rings (SSSR count). The molecule has 1 nitrogen and oxygen atoms in total. The van der Waals surface area contributed by atoms with Crippen molar-refractivity contribution < 1.29 is 5.11 Å². The van der Waals surface area contributed by atoms with Crippen molar-refractivity contribution in [3.63, 3.8) is 0 Å². The van der Waals surface area contributed by atoms with Crippen LogP contribution in [0.25, 0.3) is 0 Å². The van der Waals surface area contributed by atoms with Gasteiger partial charge in [0.25, 0.3) is 0 Å². The molecule has 1 saturated carbocycles. The minimum absolute atomic E-state index is 0.113. The largest absolute Gasteiger partial charge is 0.393 e. The number of hydrogen-bond donors (Lipinski definition) is 1. The first-order valence-corrected chi connectivity index (χ1v) is 6.03. The van der Waals surface area contributed by atoms with Crippen molar-refractivity contribution in [1.82, 2.24) is 0 Å². The van der Waals surface area contributed by atoms with E-state index in [0.717, 1.165) is 18.3 Å². The summed E-state index contributed by atoms with van der Waals surface area (Å²) < 4.78 is 0. The third kappa shape index (κ3) is 3.83. The summed E-state index contributed by atoms with van der Waals surface area (Å²) in [4.78, 5) is 0. The van der Waals surface area contributed by atoms with Gasteiger partial charge in [-0.05, 0) is 51.4 Å². The van der Waals surface area contributed by atoms with Crippen molar-refractivity contribution in [3.8, 4) is 0 Å². The van der Waals surface area contributed by atoms with Crippen LogP contribution in [0.2, 0.25) is 0 Å². The van der Waals surface area contributed by atoms with E-state index >= 15 is 0 Å². The van der Waals surface area contributed by atoms with Crippen LogP contribution in [0, 0.1) is 11.8 Å². The van der Waals surface area contributed by atoms with Gasteiger partial charge in [-0.1, -0.05) is 25.0 Å². The molecule has 1 aliphatic carbocycles. The Morgan fingerprint density at radius 2 is 2.07 bits per heavy atom. The van der Waals surface area contributed by atoms with Gasteiger partial charge in [-0.25, -0.2) is 0 Å². The zero-order chi connectivity index (χ0) is 10.4. The van der Waals surface area contributed by atoms with E-state index in [1.165, 1.54) is 32.1 Å². The summed E-state index contributed by atoms with van der Waals surface area (Å²) in [6, 6.07) is 0. The predicted molar refractivity (Wildman–Crippen MR) is 61.2 cm³/mol. The second-order valence-electron chi connectivity index (χ2n) is 4.68. The minimum Gasteiger partial charge on any atom is -0.393 e. The van der Waals surface area contributed by atoms with Crippen molar-refractivity contribution >= 4 is 0 Å². The van der Waals surface area contributed by atoms with Gasteiger partial charge < -0.3 is 5.11 Å². The quantitative estimate of drug-likeness (QED) is 0.667. The Hall–Kier alpha value is -0.300. The summed E-state index contributed by atoms with van der Waals surface area (Å²) >= 11 is 0. The summed E-state index contributed by atoms with van der Waals surface area (Å²) in [5.41, 5.74) is 0. The molecule has 0 spiro atoms. The van der Waals surface area contributed by atoms with Crippen LogP contribution >= 0.6 is 0 Å². The van der Waals surface area contributed by atoms with E-state index in [0.29, 0.717) is 0 Å². The Balaban J connectivity index is 2.27. The fourth-order valence-electron chi connectivity index (χ4n) is 2.57. The van der Waals surface area contributed by atoms with Gasteiger partial charge in [0.05, 0.1) is 6.10 Å². The third-order valence-corrected chi connectivity index (χ3v) is 3.45. The third-order valence-electron chi connectivity index (χ3n) is 3.45. The van der Waals surface area contributed by atoms with Gasteiger partial charge in [-0.15, -0.1) is 0 Å². The molecule has 0 heterocycles. The Labute approximate surface area is 88.2 Å². The van der Waals surface area contributed by atoms with E-state index in [-0.39, 0.29) is 6.10 Å². The van der Waals surface area contributed by atoms with Crippen molar-refractivity contribution in [2.75, 3.05) is 0 Å². The maximum Gasteiger partial charge on any atom is 0.0512 e. The fraction of sp³-hybridized carbons (Fsp3) is 0.846. The SMILES string of the molecule is CC=CCC1CCCC1CCC(C)O. The molecule has 0 amide bonds. The molecular formula is C13H24O. The Bertz CT molecular complexity index is 172. The molecule has 0 aromatic heterocycles. The molecule has 0 aliphatic heterocycles. The molecular weight excluding hydrogens is 172 g/mol. The molecule has 1 heteroatoms. The number of aliphatic hydroxyl groups excluding tert-OH is 1. The van der Waals surface area contributed by atoms with Crippen LogP contribution in [0.4, 0.5) is 0 Å². The van der Waals surface area contributed by atoms with Crippen molar-refractivity contribution in [3.05, 3.63) is 12.2 Å². The molecule has 3 unspecified atom stereocenters. The molecule has 14 heavy (non-hydrogen) atoms. The predicted octanol–water partition coefficient (Wildman–Crippen LogP) is 3.53. The summed E-state index contributed by atoms with van der Waals surface area (Å²) in [5.74, 6) is 1.77. The van der Waals surface area contributed by atoms with Gasteiger partial charge in [-0.2, -0.15) is 0 Å². The lowest BCUT2D eigenvalue weighted by atomic mass is 9.88. The van der Waals surface area contributed by atoms with Gasteiger partial charge in [-0.3, -0.25) is 0 Å². The van der Waals surface area contributed by atoms with Crippen LogP contribution in [-0.4, -0.2) is 11.2 Å². The summed E-state index contributed by atoms with van der Waals surface area (Å²) in [5, 5.41) is 9.26. The maximum atomic E-state index is 9.26. The topological polar surface area (TPSA) is 20.2 Å². The first kappa shape index (κ1) is 11.8. The van der Waals surface area contributed by atoms with Crippen LogP contribution in [0.5, 0.6) is 0 Å². The molecule has 0 radical (unpaired) electrons. The molecule has 0 saturated heterocycles. The standard InChI is InChI=1S/C13H24O/c1-3-4-6-12-7-5-8-13(12)10-9-11(2)14/h3-4,11-14H,5-10H2,1-2H3. The zero-order valence-electron chi connectivity index (χ0n) is 9.58. The molecule has 82 valence electrons. The van der Waals surface area contributed by atoms with E-state index in [1.807, 2.05) is 6.92 Å². The highest BCUT2D eigenvalue weighted by molar-refractivity contribution is 4.86. The molecule has 1 N–H and O–H groups in total. The summed E-state index contributed by atoms with van der Waals surface area (Å²) in [7, 11) is 0. The number of aliphatic hydroxyl groups is 1. The molecule has 0 bridgehead atoms. The second-order valence-corrected chi connectivity index (χ2v) is 4.68. The fourth-order valence-corrected chi connectivity index (χ4v) is 2.57. The first-order chi connectivity index (χ1) is 6.74. The molecule has 3 atom stereocenters. The monoisotopic (exact) mass is 196 g/mol. The average Bonchev–Trinajstić information content (AvgIpc) is 2.58. The average molecular weight is 196 g/mol. The Morgan fingerprint density at radius 3 is 2.71 bits per heavy atom. The van der Waals surface area contributed by atoms with E-state index in [4.69, 9.17) is 0 Å². The van der Waals surface area contributed by atoms with Crippen LogP contribution in [0.3, 0.4) is 0 Å². The lowest BCUT2D eigenvalue weighted by Crippen LogP contribution is -2.10. The smallest absolute Gasteiger partial charge is 0.0512 e. The summed E-state index contributed by atoms with van der Waals surface area (Å²) in [6.45, 7) is 4.00. The van der Waals surface area contributed by atoms with Crippen molar-refractivity contribution in [2.24, 2.45) is 11.8 Å². The van der Waals surface area contributed by atoms with E-state index in [2.05, 4.69) is 19.1 Å². The lowest BCUT2D eigenvalue weighted by Gasteiger charge is -2.18. The van der Waals surface area contributed by atoms with Gasteiger partial charge in [0.1, 0.15) is 0 Å². The maximum absolute atomic E-state index is 9.26. The highest BCUT2D eigenvalue weighted by Crippen LogP contribution is 2.37. The number of rotatable bonds is 5.